The highest BCUT2D eigenvalue weighted by Gasteiger charge is 2.26. The number of nitrogens with one attached hydrogen (secondary N) is 1. The molecule has 0 heterocycles. The van der Waals surface area contributed by atoms with Gasteiger partial charge in [0.1, 0.15) is 17.5 Å². The Labute approximate surface area is 118 Å². The fourth-order valence-electron chi connectivity index (χ4n) is 1.64. The lowest BCUT2D eigenvalue weighted by Gasteiger charge is -2.16. The molecule has 2 atom stereocenters. The minimum absolute atomic E-state index is 0.0353. The first-order chi connectivity index (χ1) is 8.63. The van der Waals surface area contributed by atoms with Gasteiger partial charge in [0.05, 0.1) is 0 Å². The summed E-state index contributed by atoms with van der Waals surface area (Å²) in [7, 11) is -4.37. The molecule has 19 heavy (non-hydrogen) atoms. The van der Waals surface area contributed by atoms with Crippen LogP contribution in [0.15, 0.2) is 17.0 Å². The Morgan fingerprint density at radius 1 is 1.21 bits per heavy atom. The van der Waals surface area contributed by atoms with E-state index in [-0.39, 0.29) is 4.83 Å². The van der Waals surface area contributed by atoms with Crippen LogP contribution in [0.3, 0.4) is 0 Å². The fourth-order valence-corrected chi connectivity index (χ4v) is 3.58. The first-order valence-electron chi connectivity index (χ1n) is 5.44. The van der Waals surface area contributed by atoms with Crippen molar-refractivity contribution in [3.63, 3.8) is 0 Å². The van der Waals surface area contributed by atoms with Gasteiger partial charge in [-0.15, -0.1) is 0 Å². The summed E-state index contributed by atoms with van der Waals surface area (Å²) in [5.74, 6) is -4.08. The molecule has 0 radical (unpaired) electrons. The van der Waals surface area contributed by atoms with Gasteiger partial charge in [-0.1, -0.05) is 22.9 Å². The molecule has 8 heteroatoms. The maximum Gasteiger partial charge on any atom is 0.246 e. The van der Waals surface area contributed by atoms with Gasteiger partial charge in [-0.3, -0.25) is 0 Å². The zero-order valence-corrected chi connectivity index (χ0v) is 12.7. The van der Waals surface area contributed by atoms with Crippen molar-refractivity contribution in [3.05, 3.63) is 29.6 Å². The minimum Gasteiger partial charge on any atom is -0.208 e. The van der Waals surface area contributed by atoms with E-state index in [4.69, 9.17) is 0 Å². The number of sulfonamides is 1. The van der Waals surface area contributed by atoms with Crippen molar-refractivity contribution < 1.29 is 21.6 Å². The number of hydrogen-bond acceptors (Lipinski definition) is 2. The lowest BCUT2D eigenvalue weighted by Crippen LogP contribution is -2.35. The summed E-state index contributed by atoms with van der Waals surface area (Å²) in [4.78, 5) is -1.13. The Hall–Kier alpha value is -0.600. The number of hydrogen-bond donors (Lipinski definition) is 1. The second-order valence-corrected chi connectivity index (χ2v) is 7.45. The molecule has 1 rings (SSSR count). The van der Waals surface area contributed by atoms with Crippen LogP contribution < -0.4 is 4.72 Å². The molecular weight excluding hydrogens is 347 g/mol. The molecule has 0 aliphatic heterocycles. The van der Waals surface area contributed by atoms with Gasteiger partial charge in [0.15, 0.2) is 4.90 Å². The highest BCUT2D eigenvalue weighted by molar-refractivity contribution is 9.09. The van der Waals surface area contributed by atoms with Gasteiger partial charge in [0.2, 0.25) is 10.0 Å². The predicted molar refractivity (Wildman–Crippen MR) is 69.1 cm³/mol. The van der Waals surface area contributed by atoms with Crippen LogP contribution in [-0.4, -0.2) is 19.3 Å². The van der Waals surface area contributed by atoms with Crippen molar-refractivity contribution in [2.24, 2.45) is 0 Å². The Morgan fingerprint density at radius 2 is 1.68 bits per heavy atom. The molecule has 2 unspecified atom stereocenters. The number of benzene rings is 1. The third-order valence-electron chi connectivity index (χ3n) is 2.27. The average Bonchev–Trinajstić information content (AvgIpc) is 2.10. The maximum atomic E-state index is 13.4. The normalized spacial score (nSPS) is 15.3. The van der Waals surface area contributed by atoms with Crippen LogP contribution in [0.25, 0.3) is 0 Å². The zero-order chi connectivity index (χ0) is 14.8. The largest absolute Gasteiger partial charge is 0.246 e. The molecule has 0 bridgehead atoms. The van der Waals surface area contributed by atoms with E-state index in [2.05, 4.69) is 20.7 Å². The molecule has 1 aromatic carbocycles. The lowest BCUT2D eigenvalue weighted by molar-refractivity contribution is 0.488. The van der Waals surface area contributed by atoms with Gasteiger partial charge >= 0.3 is 0 Å². The van der Waals surface area contributed by atoms with Crippen LogP contribution >= 0.6 is 15.9 Å². The van der Waals surface area contributed by atoms with Crippen molar-refractivity contribution >= 4 is 26.0 Å². The molecule has 0 saturated heterocycles. The second kappa shape index (κ2) is 6.23. The van der Waals surface area contributed by atoms with Crippen LogP contribution in [0.5, 0.6) is 0 Å². The molecule has 0 aliphatic rings. The topological polar surface area (TPSA) is 46.2 Å². The molecule has 0 fully saturated rings. The zero-order valence-electron chi connectivity index (χ0n) is 10.3. The van der Waals surface area contributed by atoms with Gasteiger partial charge in [-0.05, 0) is 13.3 Å². The van der Waals surface area contributed by atoms with Crippen LogP contribution in [-0.2, 0) is 10.0 Å². The lowest BCUT2D eigenvalue weighted by atomic mass is 10.2. The van der Waals surface area contributed by atoms with Gasteiger partial charge < -0.3 is 0 Å². The van der Waals surface area contributed by atoms with E-state index in [1.807, 2.05) is 6.92 Å². The minimum atomic E-state index is -4.37. The van der Waals surface area contributed by atoms with E-state index in [0.29, 0.717) is 18.6 Å². The smallest absolute Gasteiger partial charge is 0.208 e. The predicted octanol–water partition coefficient (Wildman–Crippen LogP) is 2.94. The first kappa shape index (κ1) is 16.5. The maximum absolute atomic E-state index is 13.4. The average molecular weight is 360 g/mol. The molecule has 0 spiro atoms. The van der Waals surface area contributed by atoms with Gasteiger partial charge in [0.25, 0.3) is 0 Å². The highest BCUT2D eigenvalue weighted by atomic mass is 79.9. The van der Waals surface area contributed by atoms with Gasteiger partial charge in [-0.25, -0.2) is 26.3 Å². The summed E-state index contributed by atoms with van der Waals surface area (Å²) in [6, 6.07) is 0.133. The molecular formula is C11H13BrF3NO2S. The summed E-state index contributed by atoms with van der Waals surface area (Å²) in [6.45, 7) is 3.37. The molecule has 0 aromatic heterocycles. The Morgan fingerprint density at radius 3 is 2.11 bits per heavy atom. The Bertz CT molecular complexity index is 540. The van der Waals surface area contributed by atoms with Crippen LogP contribution in [0.4, 0.5) is 13.2 Å². The van der Waals surface area contributed by atoms with Crippen molar-refractivity contribution in [2.75, 3.05) is 0 Å². The Balaban J connectivity index is 3.08. The molecule has 108 valence electrons. The first-order valence-corrected chi connectivity index (χ1v) is 7.84. The third-order valence-corrected chi connectivity index (χ3v) is 4.28. The quantitative estimate of drug-likeness (QED) is 0.821. The number of halogens is 4. The summed E-state index contributed by atoms with van der Waals surface area (Å²) in [6.07, 6.45) is 0.434. The van der Waals surface area contributed by atoms with Crippen molar-refractivity contribution in [2.45, 2.75) is 36.0 Å². The SMILES string of the molecule is CC(Br)CC(C)NS(=O)(=O)c1c(F)cc(F)cc1F. The Kier molecular flexibility index (Phi) is 5.40. The molecule has 0 amide bonds. The monoisotopic (exact) mass is 359 g/mol. The molecule has 0 saturated carbocycles. The summed E-state index contributed by atoms with van der Waals surface area (Å²) >= 11 is 3.24. The molecule has 0 aliphatic carbocycles. The summed E-state index contributed by atoms with van der Waals surface area (Å²) in [5, 5.41) is 0. The van der Waals surface area contributed by atoms with Crippen LogP contribution in [0.2, 0.25) is 0 Å². The fraction of sp³-hybridized carbons (Fsp3) is 0.455. The highest BCUT2D eigenvalue weighted by Crippen LogP contribution is 2.21. The van der Waals surface area contributed by atoms with E-state index in [1.165, 1.54) is 0 Å². The van der Waals surface area contributed by atoms with E-state index >= 15 is 0 Å². The summed E-state index contributed by atoms with van der Waals surface area (Å²) in [5.41, 5.74) is 0. The molecule has 1 aromatic rings. The van der Waals surface area contributed by atoms with Crippen LogP contribution in [0.1, 0.15) is 20.3 Å². The van der Waals surface area contributed by atoms with E-state index in [0.717, 1.165) is 0 Å². The van der Waals surface area contributed by atoms with E-state index < -0.39 is 38.4 Å². The van der Waals surface area contributed by atoms with Gasteiger partial charge in [0, 0.05) is 23.0 Å². The summed E-state index contributed by atoms with van der Waals surface area (Å²) < 4.78 is 65.4. The van der Waals surface area contributed by atoms with Crippen molar-refractivity contribution in [1.29, 1.82) is 0 Å². The van der Waals surface area contributed by atoms with Crippen molar-refractivity contribution in [1.82, 2.24) is 4.72 Å². The van der Waals surface area contributed by atoms with Crippen LogP contribution in [0, 0.1) is 17.5 Å². The van der Waals surface area contributed by atoms with E-state index in [9.17, 15) is 21.6 Å². The van der Waals surface area contributed by atoms with Gasteiger partial charge in [-0.2, -0.15) is 0 Å². The van der Waals surface area contributed by atoms with Crippen molar-refractivity contribution in [3.8, 4) is 0 Å². The number of rotatable bonds is 5. The molecule has 3 nitrogen and oxygen atoms in total. The standard InChI is InChI=1S/C11H13BrF3NO2S/c1-6(12)3-7(2)16-19(17,18)11-9(14)4-8(13)5-10(11)15/h4-7,16H,3H2,1-2H3. The van der Waals surface area contributed by atoms with E-state index in [1.54, 1.807) is 6.92 Å². The molecule has 1 N–H and O–H groups in total. The third kappa shape index (κ3) is 4.47. The second-order valence-electron chi connectivity index (χ2n) is 4.24. The number of alkyl halides is 1.